The number of hydrogen-bond acceptors (Lipinski definition) is 4. The summed E-state index contributed by atoms with van der Waals surface area (Å²) in [4.78, 5) is 39.8. The Morgan fingerprint density at radius 2 is 1.93 bits per heavy atom. The average Bonchev–Trinajstić information content (AvgIpc) is 3.13. The highest BCUT2D eigenvalue weighted by atomic mass is 35.5. The number of nitrogens with zero attached hydrogens (tertiary/aromatic N) is 2. The molecule has 0 atom stereocenters. The minimum absolute atomic E-state index is 0.0866. The standard InChI is InChI=1S/C21H20ClFN2O4/c1-24(12-14-4-7-16(23)8-5-14)20(27)13-29-21(28)17-9-6-15(22)11-18(17)25-10-2-3-19(25)26/h4-9,11H,2-3,10,12-13H2,1H3. The number of halogens is 2. The van der Waals surface area contributed by atoms with E-state index >= 15 is 0 Å². The van der Waals surface area contributed by atoms with Crippen LogP contribution in [-0.2, 0) is 20.9 Å². The third-order valence-electron chi connectivity index (χ3n) is 4.63. The number of amides is 2. The smallest absolute Gasteiger partial charge is 0.340 e. The van der Waals surface area contributed by atoms with Gasteiger partial charge in [-0.1, -0.05) is 23.7 Å². The van der Waals surface area contributed by atoms with Gasteiger partial charge in [0.1, 0.15) is 5.82 Å². The highest BCUT2D eigenvalue weighted by molar-refractivity contribution is 6.31. The molecule has 2 aromatic carbocycles. The highest BCUT2D eigenvalue weighted by Gasteiger charge is 2.27. The summed E-state index contributed by atoms with van der Waals surface area (Å²) in [5, 5.41) is 0.395. The Hall–Kier alpha value is -2.93. The molecule has 0 spiro atoms. The summed E-state index contributed by atoms with van der Waals surface area (Å²) >= 11 is 6.03. The van der Waals surface area contributed by atoms with Crippen LogP contribution in [0.15, 0.2) is 42.5 Å². The summed E-state index contributed by atoms with van der Waals surface area (Å²) in [6.45, 7) is 0.302. The summed E-state index contributed by atoms with van der Waals surface area (Å²) in [5.74, 6) is -1.56. The summed E-state index contributed by atoms with van der Waals surface area (Å²) in [5.41, 5.74) is 1.32. The predicted molar refractivity (Wildman–Crippen MR) is 106 cm³/mol. The predicted octanol–water partition coefficient (Wildman–Crippen LogP) is 3.42. The van der Waals surface area contributed by atoms with E-state index in [1.165, 1.54) is 34.1 Å². The lowest BCUT2D eigenvalue weighted by atomic mass is 10.1. The first-order valence-electron chi connectivity index (χ1n) is 9.10. The summed E-state index contributed by atoms with van der Waals surface area (Å²) in [6, 6.07) is 10.4. The van der Waals surface area contributed by atoms with E-state index < -0.39 is 18.5 Å². The van der Waals surface area contributed by atoms with Gasteiger partial charge in [-0.2, -0.15) is 0 Å². The van der Waals surface area contributed by atoms with E-state index in [9.17, 15) is 18.8 Å². The second kappa shape index (κ2) is 9.05. The molecule has 1 aliphatic heterocycles. The van der Waals surface area contributed by atoms with Crippen molar-refractivity contribution in [2.24, 2.45) is 0 Å². The van der Waals surface area contributed by atoms with Gasteiger partial charge >= 0.3 is 5.97 Å². The minimum atomic E-state index is -0.708. The zero-order valence-electron chi connectivity index (χ0n) is 15.9. The SMILES string of the molecule is CN(Cc1ccc(F)cc1)C(=O)COC(=O)c1ccc(Cl)cc1N1CCCC1=O. The van der Waals surface area contributed by atoms with E-state index in [1.54, 1.807) is 25.2 Å². The number of ether oxygens (including phenoxy) is 1. The second-order valence-corrected chi connectivity index (χ2v) is 7.20. The molecule has 0 N–H and O–H groups in total. The molecule has 8 heteroatoms. The molecule has 0 bridgehead atoms. The van der Waals surface area contributed by atoms with Crippen molar-refractivity contribution in [2.75, 3.05) is 25.1 Å². The third kappa shape index (κ3) is 5.12. The van der Waals surface area contributed by atoms with E-state index in [4.69, 9.17) is 16.3 Å². The lowest BCUT2D eigenvalue weighted by Gasteiger charge is -2.20. The van der Waals surface area contributed by atoms with Gasteiger partial charge in [-0.05, 0) is 42.3 Å². The molecule has 3 rings (SSSR count). The van der Waals surface area contributed by atoms with Crippen molar-refractivity contribution in [3.8, 4) is 0 Å². The summed E-state index contributed by atoms with van der Waals surface area (Å²) in [6.07, 6.45) is 1.11. The zero-order chi connectivity index (χ0) is 21.0. The van der Waals surface area contributed by atoms with Crippen molar-refractivity contribution in [3.63, 3.8) is 0 Å². The van der Waals surface area contributed by atoms with Gasteiger partial charge in [0.15, 0.2) is 6.61 Å². The van der Waals surface area contributed by atoms with Crippen LogP contribution in [0.2, 0.25) is 5.02 Å². The Bertz CT molecular complexity index is 933. The Labute approximate surface area is 172 Å². The van der Waals surface area contributed by atoms with Crippen molar-refractivity contribution in [3.05, 3.63) is 64.4 Å². The van der Waals surface area contributed by atoms with Gasteiger partial charge in [0.2, 0.25) is 5.91 Å². The van der Waals surface area contributed by atoms with E-state index in [2.05, 4.69) is 0 Å². The molecule has 0 radical (unpaired) electrons. The molecule has 1 fully saturated rings. The molecule has 6 nitrogen and oxygen atoms in total. The van der Waals surface area contributed by atoms with Crippen LogP contribution in [0, 0.1) is 5.82 Å². The normalized spacial score (nSPS) is 13.5. The molecule has 1 aliphatic rings. The fraction of sp³-hybridized carbons (Fsp3) is 0.286. The Balaban J connectivity index is 1.63. The van der Waals surface area contributed by atoms with Gasteiger partial charge in [-0.25, -0.2) is 9.18 Å². The number of rotatable bonds is 6. The third-order valence-corrected chi connectivity index (χ3v) is 4.86. The zero-order valence-corrected chi connectivity index (χ0v) is 16.6. The lowest BCUT2D eigenvalue weighted by Crippen LogP contribution is -2.31. The monoisotopic (exact) mass is 418 g/mol. The van der Waals surface area contributed by atoms with Crippen molar-refractivity contribution >= 4 is 35.1 Å². The molecule has 1 saturated heterocycles. The molecule has 0 aliphatic carbocycles. The van der Waals surface area contributed by atoms with Crippen molar-refractivity contribution in [1.29, 1.82) is 0 Å². The van der Waals surface area contributed by atoms with Gasteiger partial charge in [0, 0.05) is 31.6 Å². The van der Waals surface area contributed by atoms with E-state index in [0.717, 1.165) is 5.56 Å². The average molecular weight is 419 g/mol. The Morgan fingerprint density at radius 3 is 2.59 bits per heavy atom. The lowest BCUT2D eigenvalue weighted by molar-refractivity contribution is -0.133. The van der Waals surface area contributed by atoms with E-state index in [-0.39, 0.29) is 23.8 Å². The maximum absolute atomic E-state index is 13.0. The number of benzene rings is 2. The molecule has 0 aromatic heterocycles. The molecule has 2 amide bonds. The maximum atomic E-state index is 13.0. The molecular formula is C21H20ClFN2O4. The molecule has 2 aromatic rings. The molecule has 152 valence electrons. The topological polar surface area (TPSA) is 66.9 Å². The minimum Gasteiger partial charge on any atom is -0.452 e. The van der Waals surface area contributed by atoms with Crippen LogP contribution in [0.5, 0.6) is 0 Å². The summed E-state index contributed by atoms with van der Waals surface area (Å²) < 4.78 is 18.1. The van der Waals surface area contributed by atoms with Gasteiger partial charge in [0.25, 0.3) is 5.91 Å². The largest absolute Gasteiger partial charge is 0.452 e. The second-order valence-electron chi connectivity index (χ2n) is 6.76. The molecule has 29 heavy (non-hydrogen) atoms. The highest BCUT2D eigenvalue weighted by Crippen LogP contribution is 2.29. The van der Waals surface area contributed by atoms with Gasteiger partial charge in [0.05, 0.1) is 11.3 Å². The van der Waals surface area contributed by atoms with E-state index in [1.807, 2.05) is 0 Å². The van der Waals surface area contributed by atoms with Crippen LogP contribution in [0.3, 0.4) is 0 Å². The first-order chi connectivity index (χ1) is 13.8. The van der Waals surface area contributed by atoms with Gasteiger partial charge in [-0.3, -0.25) is 9.59 Å². The molecule has 1 heterocycles. The van der Waals surface area contributed by atoms with Crippen LogP contribution >= 0.6 is 11.6 Å². The van der Waals surface area contributed by atoms with Gasteiger partial charge in [-0.15, -0.1) is 0 Å². The number of hydrogen-bond donors (Lipinski definition) is 0. The number of likely N-dealkylation sites (N-methyl/N-ethyl adjacent to an activating group) is 1. The first-order valence-corrected chi connectivity index (χ1v) is 9.48. The molecule has 0 saturated carbocycles. The molecule has 0 unspecified atom stereocenters. The quantitative estimate of drug-likeness (QED) is 0.674. The number of esters is 1. The van der Waals surface area contributed by atoms with Crippen molar-refractivity contribution in [1.82, 2.24) is 4.90 Å². The first kappa shape index (κ1) is 20.8. The number of carbonyl (C=O) groups excluding carboxylic acids is 3. The van der Waals surface area contributed by atoms with Crippen LogP contribution in [0.25, 0.3) is 0 Å². The van der Waals surface area contributed by atoms with Crippen LogP contribution in [0.4, 0.5) is 10.1 Å². The Kier molecular flexibility index (Phi) is 6.49. The van der Waals surface area contributed by atoms with E-state index in [0.29, 0.717) is 30.1 Å². The molecular weight excluding hydrogens is 399 g/mol. The van der Waals surface area contributed by atoms with Crippen LogP contribution < -0.4 is 4.90 Å². The van der Waals surface area contributed by atoms with Crippen LogP contribution in [0.1, 0.15) is 28.8 Å². The van der Waals surface area contributed by atoms with Crippen LogP contribution in [-0.4, -0.2) is 42.9 Å². The fourth-order valence-corrected chi connectivity index (χ4v) is 3.24. The number of carbonyl (C=O) groups is 3. The maximum Gasteiger partial charge on any atom is 0.340 e. The van der Waals surface area contributed by atoms with Gasteiger partial charge < -0.3 is 14.5 Å². The number of anilines is 1. The Morgan fingerprint density at radius 1 is 1.21 bits per heavy atom. The fourth-order valence-electron chi connectivity index (χ4n) is 3.07. The summed E-state index contributed by atoms with van der Waals surface area (Å²) in [7, 11) is 1.57. The van der Waals surface area contributed by atoms with Crippen molar-refractivity contribution in [2.45, 2.75) is 19.4 Å². The van der Waals surface area contributed by atoms with Crippen molar-refractivity contribution < 1.29 is 23.5 Å².